The molecule has 3 aromatic rings. The number of benzene rings is 1. The molecule has 0 spiro atoms. The van der Waals surface area contributed by atoms with Gasteiger partial charge in [-0.2, -0.15) is 0 Å². The van der Waals surface area contributed by atoms with Gasteiger partial charge in [0.05, 0.1) is 17.8 Å². The van der Waals surface area contributed by atoms with Crippen LogP contribution in [0, 0.1) is 0 Å². The summed E-state index contributed by atoms with van der Waals surface area (Å²) in [7, 11) is 0. The zero-order chi connectivity index (χ0) is 19.1. The number of hydrogen-bond donors (Lipinski definition) is 3. The van der Waals surface area contributed by atoms with Gasteiger partial charge in [-0.05, 0) is 36.4 Å². The molecule has 0 aliphatic rings. The molecule has 0 unspecified atom stereocenters. The number of aromatic nitrogens is 3. The minimum absolute atomic E-state index is 0.152. The lowest BCUT2D eigenvalue weighted by Gasteiger charge is -2.08. The molecule has 0 saturated carbocycles. The maximum atomic E-state index is 12.3. The van der Waals surface area contributed by atoms with Crippen LogP contribution in [0.3, 0.4) is 0 Å². The number of carbonyl (C=O) groups excluding carboxylic acids is 2. The Morgan fingerprint density at radius 3 is 2.15 bits per heavy atom. The number of hydrogen-bond acceptors (Lipinski definition) is 6. The first-order valence-corrected chi connectivity index (χ1v) is 8.25. The predicted molar refractivity (Wildman–Crippen MR) is 102 cm³/mol. The fraction of sp³-hybridized carbons (Fsp3) is 0.105. The summed E-state index contributed by atoms with van der Waals surface area (Å²) in [5.74, 6) is -0.0592. The van der Waals surface area contributed by atoms with Crippen molar-refractivity contribution in [2.45, 2.75) is 13.5 Å². The van der Waals surface area contributed by atoms with Crippen molar-refractivity contribution >= 4 is 29.1 Å². The van der Waals surface area contributed by atoms with Crippen molar-refractivity contribution in [3.8, 4) is 0 Å². The van der Waals surface area contributed by atoms with Gasteiger partial charge in [0.15, 0.2) is 0 Å². The van der Waals surface area contributed by atoms with Crippen LogP contribution >= 0.6 is 0 Å². The average Bonchev–Trinajstić information content (AvgIpc) is 2.69. The molecule has 0 aliphatic heterocycles. The highest BCUT2D eigenvalue weighted by Gasteiger charge is 2.08. The van der Waals surface area contributed by atoms with Crippen molar-refractivity contribution in [1.82, 2.24) is 15.0 Å². The Morgan fingerprint density at radius 1 is 0.889 bits per heavy atom. The normalized spacial score (nSPS) is 10.1. The largest absolute Gasteiger partial charge is 0.349 e. The minimum Gasteiger partial charge on any atom is -0.349 e. The number of pyridine rings is 1. The van der Waals surface area contributed by atoms with Gasteiger partial charge in [-0.1, -0.05) is 6.07 Å². The van der Waals surface area contributed by atoms with Crippen LogP contribution < -0.4 is 16.0 Å². The molecule has 136 valence electrons. The van der Waals surface area contributed by atoms with E-state index in [1.807, 2.05) is 18.2 Å². The standard InChI is InChI=1S/C19H18N6O2/c1-13(26)24-15-5-7-16(8-6-15)25-18(27)14-10-21-19(22-11-14)23-12-17-4-2-3-9-20-17/h2-11H,12H2,1H3,(H,24,26)(H,25,27)(H,21,22,23). The Labute approximate surface area is 156 Å². The van der Waals surface area contributed by atoms with E-state index in [9.17, 15) is 9.59 Å². The summed E-state index contributed by atoms with van der Waals surface area (Å²) >= 11 is 0. The second kappa shape index (κ2) is 8.52. The van der Waals surface area contributed by atoms with Crippen LogP contribution in [0.5, 0.6) is 0 Å². The summed E-state index contributed by atoms with van der Waals surface area (Å²) in [5.41, 5.74) is 2.47. The molecule has 0 bridgehead atoms. The molecule has 8 heteroatoms. The molecule has 8 nitrogen and oxygen atoms in total. The number of amides is 2. The molecular weight excluding hydrogens is 344 g/mol. The van der Waals surface area contributed by atoms with Crippen molar-refractivity contribution in [3.63, 3.8) is 0 Å². The van der Waals surface area contributed by atoms with Gasteiger partial charge in [-0.3, -0.25) is 14.6 Å². The lowest BCUT2D eigenvalue weighted by molar-refractivity contribution is -0.114. The SMILES string of the molecule is CC(=O)Nc1ccc(NC(=O)c2cnc(NCc3ccccn3)nc2)cc1. The van der Waals surface area contributed by atoms with Crippen molar-refractivity contribution in [1.29, 1.82) is 0 Å². The van der Waals surface area contributed by atoms with Gasteiger partial charge in [0, 0.05) is 36.9 Å². The van der Waals surface area contributed by atoms with E-state index in [-0.39, 0.29) is 11.8 Å². The molecule has 0 radical (unpaired) electrons. The van der Waals surface area contributed by atoms with Crippen LogP contribution in [0.4, 0.5) is 17.3 Å². The topological polar surface area (TPSA) is 109 Å². The van der Waals surface area contributed by atoms with E-state index >= 15 is 0 Å². The molecule has 0 saturated heterocycles. The zero-order valence-electron chi connectivity index (χ0n) is 14.6. The van der Waals surface area contributed by atoms with Gasteiger partial charge in [-0.25, -0.2) is 9.97 Å². The maximum Gasteiger partial charge on any atom is 0.258 e. The molecule has 3 N–H and O–H groups in total. The quantitative estimate of drug-likeness (QED) is 0.622. The Balaban J connectivity index is 1.56. The molecular formula is C19H18N6O2. The number of nitrogens with zero attached hydrogens (tertiary/aromatic N) is 3. The summed E-state index contributed by atoms with van der Waals surface area (Å²) in [4.78, 5) is 35.8. The van der Waals surface area contributed by atoms with Crippen molar-refractivity contribution in [3.05, 3.63) is 72.3 Å². The van der Waals surface area contributed by atoms with E-state index in [2.05, 4.69) is 30.9 Å². The fourth-order valence-electron chi connectivity index (χ4n) is 2.25. The Morgan fingerprint density at radius 2 is 1.56 bits per heavy atom. The molecule has 0 aliphatic carbocycles. The van der Waals surface area contributed by atoms with Crippen molar-refractivity contribution in [2.75, 3.05) is 16.0 Å². The van der Waals surface area contributed by atoms with Gasteiger partial charge in [-0.15, -0.1) is 0 Å². The fourth-order valence-corrected chi connectivity index (χ4v) is 2.25. The first-order chi connectivity index (χ1) is 13.1. The van der Waals surface area contributed by atoms with Crippen LogP contribution in [-0.2, 0) is 11.3 Å². The smallest absolute Gasteiger partial charge is 0.258 e. The van der Waals surface area contributed by atoms with Crippen LogP contribution in [0.25, 0.3) is 0 Å². The van der Waals surface area contributed by atoms with E-state index in [1.54, 1.807) is 30.5 Å². The molecule has 3 rings (SSSR count). The average molecular weight is 362 g/mol. The molecule has 1 aromatic carbocycles. The number of rotatable bonds is 6. The molecule has 2 heterocycles. The summed E-state index contributed by atoms with van der Waals surface area (Å²) in [6, 6.07) is 12.5. The third kappa shape index (κ3) is 5.33. The van der Waals surface area contributed by atoms with E-state index in [0.717, 1.165) is 5.69 Å². The Kier molecular flexibility index (Phi) is 5.68. The molecule has 0 fully saturated rings. The van der Waals surface area contributed by atoms with Gasteiger partial charge in [0.1, 0.15) is 0 Å². The van der Waals surface area contributed by atoms with Gasteiger partial charge in [0.2, 0.25) is 11.9 Å². The van der Waals surface area contributed by atoms with E-state index < -0.39 is 0 Å². The number of nitrogens with one attached hydrogen (secondary N) is 3. The highest BCUT2D eigenvalue weighted by molar-refractivity contribution is 6.04. The highest BCUT2D eigenvalue weighted by atomic mass is 16.2. The summed E-state index contributed by atoms with van der Waals surface area (Å²) in [6.45, 7) is 1.93. The summed E-state index contributed by atoms with van der Waals surface area (Å²) in [6.07, 6.45) is 4.62. The van der Waals surface area contributed by atoms with Gasteiger partial charge in [0.25, 0.3) is 5.91 Å². The van der Waals surface area contributed by atoms with Crippen molar-refractivity contribution in [2.24, 2.45) is 0 Å². The lowest BCUT2D eigenvalue weighted by atomic mass is 10.2. The number of anilines is 3. The second-order valence-corrected chi connectivity index (χ2v) is 5.68. The zero-order valence-corrected chi connectivity index (χ0v) is 14.6. The first-order valence-electron chi connectivity index (χ1n) is 8.25. The maximum absolute atomic E-state index is 12.3. The lowest BCUT2D eigenvalue weighted by Crippen LogP contribution is -2.13. The third-order valence-corrected chi connectivity index (χ3v) is 3.53. The van der Waals surface area contributed by atoms with Crippen LogP contribution in [-0.4, -0.2) is 26.8 Å². The Bertz CT molecular complexity index is 911. The summed E-state index contributed by atoms with van der Waals surface area (Å²) < 4.78 is 0. The van der Waals surface area contributed by atoms with Crippen LogP contribution in [0.1, 0.15) is 23.0 Å². The van der Waals surface area contributed by atoms with E-state index in [4.69, 9.17) is 0 Å². The first kappa shape index (κ1) is 18.0. The van der Waals surface area contributed by atoms with Gasteiger partial charge >= 0.3 is 0 Å². The highest BCUT2D eigenvalue weighted by Crippen LogP contribution is 2.14. The molecule has 27 heavy (non-hydrogen) atoms. The van der Waals surface area contributed by atoms with E-state index in [1.165, 1.54) is 19.3 Å². The monoisotopic (exact) mass is 362 g/mol. The second-order valence-electron chi connectivity index (χ2n) is 5.68. The van der Waals surface area contributed by atoms with E-state index in [0.29, 0.717) is 29.4 Å². The number of carbonyl (C=O) groups is 2. The molecule has 0 atom stereocenters. The molecule has 2 aromatic heterocycles. The van der Waals surface area contributed by atoms with Crippen molar-refractivity contribution < 1.29 is 9.59 Å². The third-order valence-electron chi connectivity index (χ3n) is 3.53. The molecule has 2 amide bonds. The Hall–Kier alpha value is -3.81. The van der Waals surface area contributed by atoms with Crippen LogP contribution in [0.2, 0.25) is 0 Å². The van der Waals surface area contributed by atoms with Crippen LogP contribution in [0.15, 0.2) is 61.1 Å². The van der Waals surface area contributed by atoms with Gasteiger partial charge < -0.3 is 16.0 Å². The predicted octanol–water partition coefficient (Wildman–Crippen LogP) is 2.69. The minimum atomic E-state index is -0.321. The summed E-state index contributed by atoms with van der Waals surface area (Å²) in [5, 5.41) is 8.47.